The van der Waals surface area contributed by atoms with Crippen molar-refractivity contribution in [3.63, 3.8) is 0 Å². The zero-order valence-corrected chi connectivity index (χ0v) is 12.1. The number of hydrogen-bond donors (Lipinski definition) is 1. The van der Waals surface area contributed by atoms with Gasteiger partial charge in [-0.3, -0.25) is 0 Å². The molecule has 0 atom stereocenters. The van der Waals surface area contributed by atoms with Crippen LogP contribution >= 0.6 is 23.2 Å². The van der Waals surface area contributed by atoms with Crippen molar-refractivity contribution < 1.29 is 0 Å². The normalized spacial score (nSPS) is 10.9. The zero-order valence-electron chi connectivity index (χ0n) is 10.6. The average Bonchev–Trinajstić information content (AvgIpc) is 2.60. The highest BCUT2D eigenvalue weighted by atomic mass is 35.5. The van der Waals surface area contributed by atoms with E-state index < -0.39 is 0 Å². The van der Waals surface area contributed by atoms with Crippen LogP contribution in [0.25, 0.3) is 5.69 Å². The molecule has 0 aliphatic rings. The van der Waals surface area contributed by atoms with Gasteiger partial charge in [-0.2, -0.15) is 5.10 Å². The van der Waals surface area contributed by atoms with Crippen LogP contribution in [-0.2, 0) is 6.54 Å². The number of benzene rings is 1. The number of hydrogen-bond acceptors (Lipinski definition) is 2. The number of nitrogens with one attached hydrogen (secondary N) is 1. The Hall–Kier alpha value is -1.03. The molecule has 0 bridgehead atoms. The van der Waals surface area contributed by atoms with Crippen LogP contribution in [0.2, 0.25) is 10.0 Å². The second-order valence-corrected chi connectivity index (χ2v) is 5.01. The Kier molecular flexibility index (Phi) is 3.95. The van der Waals surface area contributed by atoms with E-state index in [2.05, 4.69) is 10.4 Å². The van der Waals surface area contributed by atoms with E-state index in [1.54, 1.807) is 0 Å². The molecule has 1 aromatic heterocycles. The second kappa shape index (κ2) is 5.31. The van der Waals surface area contributed by atoms with Crippen LogP contribution in [0, 0.1) is 13.8 Å². The molecule has 0 radical (unpaired) electrons. The average molecular weight is 284 g/mol. The lowest BCUT2D eigenvalue weighted by Crippen LogP contribution is -2.10. The summed E-state index contributed by atoms with van der Waals surface area (Å²) >= 11 is 12.3. The lowest BCUT2D eigenvalue weighted by Gasteiger charge is -2.11. The van der Waals surface area contributed by atoms with Gasteiger partial charge in [0.1, 0.15) is 0 Å². The van der Waals surface area contributed by atoms with Crippen molar-refractivity contribution in [3.8, 4) is 5.69 Å². The molecule has 5 heteroatoms. The van der Waals surface area contributed by atoms with Crippen LogP contribution in [-0.4, -0.2) is 16.8 Å². The van der Waals surface area contributed by atoms with Gasteiger partial charge in [0, 0.05) is 11.6 Å². The predicted molar refractivity (Wildman–Crippen MR) is 75.8 cm³/mol. The third-order valence-corrected chi connectivity index (χ3v) is 3.63. The maximum absolute atomic E-state index is 6.19. The Bertz CT molecular complexity index is 576. The smallest absolute Gasteiger partial charge is 0.0848 e. The van der Waals surface area contributed by atoms with Crippen LogP contribution in [0.4, 0.5) is 0 Å². The molecule has 0 fully saturated rings. The van der Waals surface area contributed by atoms with E-state index in [1.165, 1.54) is 0 Å². The van der Waals surface area contributed by atoms with Crippen LogP contribution in [0.3, 0.4) is 0 Å². The fraction of sp³-hybridized carbons (Fsp3) is 0.308. The monoisotopic (exact) mass is 283 g/mol. The summed E-state index contributed by atoms with van der Waals surface area (Å²) in [5, 5.41) is 8.99. The molecule has 1 aromatic carbocycles. The minimum absolute atomic E-state index is 0.688. The summed E-state index contributed by atoms with van der Waals surface area (Å²) in [4.78, 5) is 0. The molecule has 0 aliphatic heterocycles. The minimum atomic E-state index is 0.688. The van der Waals surface area contributed by atoms with Gasteiger partial charge in [0.25, 0.3) is 0 Å². The summed E-state index contributed by atoms with van der Waals surface area (Å²) in [6.45, 7) is 4.60. The van der Waals surface area contributed by atoms with E-state index in [1.807, 2.05) is 43.8 Å². The van der Waals surface area contributed by atoms with E-state index in [9.17, 15) is 0 Å². The summed E-state index contributed by atoms with van der Waals surface area (Å²) < 4.78 is 1.84. The Labute approximate surface area is 117 Å². The maximum atomic E-state index is 6.19. The number of aromatic nitrogens is 2. The van der Waals surface area contributed by atoms with Crippen molar-refractivity contribution in [2.45, 2.75) is 20.4 Å². The van der Waals surface area contributed by atoms with Crippen LogP contribution in [0.5, 0.6) is 0 Å². The summed E-state index contributed by atoms with van der Waals surface area (Å²) in [5.41, 5.74) is 3.84. The standard InChI is InChI=1S/C13H15Cl2N3/c1-8-13(15)9(2)18(17-8)12-6-11(14)5-4-10(12)7-16-3/h4-6,16H,7H2,1-3H3. The Balaban J connectivity index is 2.61. The first-order valence-corrected chi connectivity index (χ1v) is 6.45. The highest BCUT2D eigenvalue weighted by Crippen LogP contribution is 2.26. The third-order valence-electron chi connectivity index (χ3n) is 2.85. The van der Waals surface area contributed by atoms with E-state index >= 15 is 0 Å². The van der Waals surface area contributed by atoms with Gasteiger partial charge in [-0.05, 0) is 38.6 Å². The van der Waals surface area contributed by atoms with Crippen molar-refractivity contribution in [1.29, 1.82) is 0 Å². The summed E-state index contributed by atoms with van der Waals surface area (Å²) in [6.07, 6.45) is 0. The molecule has 96 valence electrons. The second-order valence-electron chi connectivity index (χ2n) is 4.20. The molecule has 2 aromatic rings. The van der Waals surface area contributed by atoms with Gasteiger partial charge in [0.15, 0.2) is 0 Å². The lowest BCUT2D eigenvalue weighted by atomic mass is 10.1. The SMILES string of the molecule is CNCc1ccc(Cl)cc1-n1nc(C)c(Cl)c1C. The number of halogens is 2. The number of nitrogens with zero attached hydrogens (tertiary/aromatic N) is 2. The van der Waals surface area contributed by atoms with Crippen molar-refractivity contribution in [1.82, 2.24) is 15.1 Å². The van der Waals surface area contributed by atoms with Crippen molar-refractivity contribution in [2.24, 2.45) is 0 Å². The minimum Gasteiger partial charge on any atom is -0.316 e. The molecule has 18 heavy (non-hydrogen) atoms. The molecular formula is C13H15Cl2N3. The Morgan fingerprint density at radius 2 is 2.00 bits per heavy atom. The van der Waals surface area contributed by atoms with Gasteiger partial charge in [0.05, 0.1) is 22.1 Å². The van der Waals surface area contributed by atoms with E-state index in [0.29, 0.717) is 10.0 Å². The quantitative estimate of drug-likeness (QED) is 0.934. The largest absolute Gasteiger partial charge is 0.316 e. The lowest BCUT2D eigenvalue weighted by molar-refractivity contribution is 0.775. The topological polar surface area (TPSA) is 29.9 Å². The van der Waals surface area contributed by atoms with Crippen molar-refractivity contribution in [2.75, 3.05) is 7.05 Å². The molecule has 0 spiro atoms. The van der Waals surface area contributed by atoms with Crippen molar-refractivity contribution >= 4 is 23.2 Å². The van der Waals surface area contributed by atoms with Gasteiger partial charge in [-0.15, -0.1) is 0 Å². The van der Waals surface area contributed by atoms with Gasteiger partial charge in [0.2, 0.25) is 0 Å². The fourth-order valence-electron chi connectivity index (χ4n) is 1.93. The highest BCUT2D eigenvalue weighted by molar-refractivity contribution is 6.32. The molecule has 1 N–H and O–H groups in total. The van der Waals surface area contributed by atoms with Crippen molar-refractivity contribution in [3.05, 3.63) is 45.2 Å². The number of aryl methyl sites for hydroxylation is 1. The molecule has 3 nitrogen and oxygen atoms in total. The molecule has 2 rings (SSSR count). The van der Waals surface area contributed by atoms with Gasteiger partial charge >= 0.3 is 0 Å². The first-order valence-electron chi connectivity index (χ1n) is 5.69. The Morgan fingerprint density at radius 1 is 1.28 bits per heavy atom. The van der Waals surface area contributed by atoms with Crippen LogP contribution in [0.15, 0.2) is 18.2 Å². The first kappa shape index (κ1) is 13.4. The summed E-state index contributed by atoms with van der Waals surface area (Å²) in [7, 11) is 1.91. The third kappa shape index (κ3) is 2.39. The zero-order chi connectivity index (χ0) is 13.3. The molecule has 0 amide bonds. The molecule has 1 heterocycles. The van der Waals surface area contributed by atoms with E-state index in [0.717, 1.165) is 29.2 Å². The Morgan fingerprint density at radius 3 is 2.56 bits per heavy atom. The fourth-order valence-corrected chi connectivity index (χ4v) is 2.22. The van der Waals surface area contributed by atoms with Gasteiger partial charge in [-0.25, -0.2) is 4.68 Å². The summed E-state index contributed by atoms with van der Waals surface area (Å²) in [6, 6.07) is 5.79. The molecule has 0 unspecified atom stereocenters. The molecular weight excluding hydrogens is 269 g/mol. The summed E-state index contributed by atoms with van der Waals surface area (Å²) in [5.74, 6) is 0. The van der Waals surface area contributed by atoms with Gasteiger partial charge < -0.3 is 5.32 Å². The molecule has 0 aliphatic carbocycles. The van der Waals surface area contributed by atoms with E-state index in [4.69, 9.17) is 23.2 Å². The maximum Gasteiger partial charge on any atom is 0.0848 e. The number of rotatable bonds is 3. The first-order chi connectivity index (χ1) is 8.54. The van der Waals surface area contributed by atoms with Crippen LogP contribution in [0.1, 0.15) is 17.0 Å². The van der Waals surface area contributed by atoms with E-state index in [-0.39, 0.29) is 0 Å². The molecule has 0 saturated carbocycles. The highest BCUT2D eigenvalue weighted by Gasteiger charge is 2.13. The predicted octanol–water partition coefficient (Wildman–Crippen LogP) is 3.52. The molecule has 0 saturated heterocycles. The van der Waals surface area contributed by atoms with Crippen LogP contribution < -0.4 is 5.32 Å². The van der Waals surface area contributed by atoms with Gasteiger partial charge in [-0.1, -0.05) is 29.3 Å².